The maximum Gasteiger partial charge on any atom is 0.338 e. The van der Waals surface area contributed by atoms with Gasteiger partial charge in [0.15, 0.2) is 11.5 Å². The number of allylic oxidation sites excluding steroid dienone is 1. The number of hydrogen-bond acceptors (Lipinski definition) is 7. The topological polar surface area (TPSA) is 87.5 Å². The molecule has 1 atom stereocenters. The smallest absolute Gasteiger partial charge is 0.338 e. The highest BCUT2D eigenvalue weighted by Crippen LogP contribution is 2.39. The first-order valence-corrected chi connectivity index (χ1v) is 11.6. The molecule has 0 saturated carbocycles. The van der Waals surface area contributed by atoms with Crippen LogP contribution in [0.15, 0.2) is 96.5 Å². The Hall–Kier alpha value is -4.59. The molecule has 36 heavy (non-hydrogen) atoms. The van der Waals surface area contributed by atoms with Crippen molar-refractivity contribution in [3.8, 4) is 11.5 Å². The predicted molar refractivity (Wildman–Crippen MR) is 134 cm³/mol. The number of rotatable bonds is 8. The highest BCUT2D eigenvalue weighted by Gasteiger charge is 2.35. The highest BCUT2D eigenvalue weighted by molar-refractivity contribution is 5.92. The number of anilines is 1. The summed E-state index contributed by atoms with van der Waals surface area (Å²) in [6, 6.07) is 24.6. The van der Waals surface area contributed by atoms with Crippen LogP contribution in [0.1, 0.15) is 29.7 Å². The van der Waals surface area contributed by atoms with E-state index in [4.69, 9.17) is 14.2 Å². The van der Waals surface area contributed by atoms with E-state index in [1.54, 1.807) is 11.8 Å². The zero-order valence-electron chi connectivity index (χ0n) is 20.0. The number of esters is 1. The van der Waals surface area contributed by atoms with Crippen LogP contribution in [0.5, 0.6) is 11.5 Å². The van der Waals surface area contributed by atoms with Crippen LogP contribution in [0.2, 0.25) is 0 Å². The molecule has 1 aromatic heterocycles. The van der Waals surface area contributed by atoms with Gasteiger partial charge in [0, 0.05) is 5.70 Å². The zero-order valence-corrected chi connectivity index (χ0v) is 20.0. The van der Waals surface area contributed by atoms with E-state index in [9.17, 15) is 4.79 Å². The number of hydrogen-bond donors (Lipinski definition) is 1. The second-order valence-electron chi connectivity index (χ2n) is 8.34. The Balaban J connectivity index is 1.44. The molecule has 8 nitrogen and oxygen atoms in total. The maximum atomic E-state index is 13.3. The van der Waals surface area contributed by atoms with Crippen LogP contribution in [-0.2, 0) is 22.7 Å². The Labute approximate surface area is 209 Å². The van der Waals surface area contributed by atoms with Crippen LogP contribution >= 0.6 is 0 Å². The number of carbonyl (C=O) groups excluding carboxylic acids is 1. The summed E-state index contributed by atoms with van der Waals surface area (Å²) in [5.41, 5.74) is 3.85. The van der Waals surface area contributed by atoms with Crippen molar-refractivity contribution in [1.82, 2.24) is 14.8 Å². The van der Waals surface area contributed by atoms with Crippen molar-refractivity contribution in [2.45, 2.75) is 26.2 Å². The molecular weight excluding hydrogens is 456 g/mol. The zero-order chi connectivity index (χ0) is 24.9. The molecule has 182 valence electrons. The molecule has 1 aliphatic heterocycles. The van der Waals surface area contributed by atoms with Crippen LogP contribution in [-0.4, -0.2) is 27.8 Å². The van der Waals surface area contributed by atoms with Gasteiger partial charge >= 0.3 is 5.97 Å². The molecule has 0 amide bonds. The van der Waals surface area contributed by atoms with Gasteiger partial charge in [-0.3, -0.25) is 0 Å². The Kier molecular flexibility index (Phi) is 6.66. The summed E-state index contributed by atoms with van der Waals surface area (Å²) in [6.07, 6.45) is 1.45. The molecule has 0 fully saturated rings. The SMILES string of the molecule is COc1cc([C@H]2C(C(=O)OCc3ccccc3)=C(C)Nc3ncnn32)ccc1OCc1ccccc1. The lowest BCUT2D eigenvalue weighted by molar-refractivity contribution is -0.140. The summed E-state index contributed by atoms with van der Waals surface area (Å²) >= 11 is 0. The second kappa shape index (κ2) is 10.4. The minimum atomic E-state index is -0.552. The van der Waals surface area contributed by atoms with Gasteiger partial charge in [-0.05, 0) is 35.7 Å². The van der Waals surface area contributed by atoms with E-state index in [1.165, 1.54) is 6.33 Å². The monoisotopic (exact) mass is 482 g/mol. The third kappa shape index (κ3) is 4.79. The van der Waals surface area contributed by atoms with E-state index >= 15 is 0 Å². The number of ether oxygens (including phenoxy) is 3. The normalized spacial score (nSPS) is 14.6. The highest BCUT2D eigenvalue weighted by atomic mass is 16.5. The number of nitrogens with one attached hydrogen (secondary N) is 1. The van der Waals surface area contributed by atoms with E-state index in [-0.39, 0.29) is 6.61 Å². The maximum absolute atomic E-state index is 13.3. The Bertz CT molecular complexity index is 1380. The molecule has 3 aromatic carbocycles. The van der Waals surface area contributed by atoms with E-state index in [2.05, 4.69) is 15.4 Å². The van der Waals surface area contributed by atoms with Crippen molar-refractivity contribution in [3.05, 3.63) is 113 Å². The quantitative estimate of drug-likeness (QED) is 0.358. The molecule has 5 rings (SSSR count). The summed E-state index contributed by atoms with van der Waals surface area (Å²) in [5.74, 6) is 1.27. The number of carbonyl (C=O) groups is 1. The van der Waals surface area contributed by atoms with E-state index in [0.717, 1.165) is 16.7 Å². The second-order valence-corrected chi connectivity index (χ2v) is 8.34. The van der Waals surface area contributed by atoms with Gasteiger partial charge in [-0.2, -0.15) is 10.1 Å². The minimum Gasteiger partial charge on any atom is -0.493 e. The lowest BCUT2D eigenvalue weighted by Crippen LogP contribution is -2.29. The van der Waals surface area contributed by atoms with Gasteiger partial charge in [-0.1, -0.05) is 66.7 Å². The largest absolute Gasteiger partial charge is 0.493 e. The Morgan fingerprint density at radius 3 is 2.33 bits per heavy atom. The molecule has 0 radical (unpaired) electrons. The fourth-order valence-electron chi connectivity index (χ4n) is 4.17. The van der Waals surface area contributed by atoms with Gasteiger partial charge in [-0.25, -0.2) is 9.48 Å². The van der Waals surface area contributed by atoms with E-state index in [1.807, 2.05) is 85.8 Å². The van der Waals surface area contributed by atoms with Gasteiger partial charge < -0.3 is 19.5 Å². The molecular formula is C28H26N4O4. The standard InChI is InChI=1S/C28H26N4O4/c1-19-25(27(33)36-17-21-11-7-4-8-12-21)26(32-28(31-19)29-18-30-32)22-13-14-23(24(15-22)34-2)35-16-20-9-5-3-6-10-20/h3-15,18,26H,16-17H2,1-2H3,(H,29,30,31)/t26-/m0/s1. The molecule has 0 bridgehead atoms. The molecule has 0 spiro atoms. The first kappa shape index (κ1) is 23.2. The van der Waals surface area contributed by atoms with Crippen molar-refractivity contribution < 1.29 is 19.0 Å². The molecule has 2 heterocycles. The van der Waals surface area contributed by atoms with Crippen LogP contribution in [0.4, 0.5) is 5.95 Å². The molecule has 0 saturated heterocycles. The summed E-state index contributed by atoms with van der Waals surface area (Å²) in [4.78, 5) is 17.6. The van der Waals surface area contributed by atoms with Crippen molar-refractivity contribution in [1.29, 1.82) is 0 Å². The summed E-state index contributed by atoms with van der Waals surface area (Å²) in [6.45, 7) is 2.41. The Morgan fingerprint density at radius 2 is 1.64 bits per heavy atom. The third-order valence-electron chi connectivity index (χ3n) is 5.97. The molecule has 4 aromatic rings. The van der Waals surface area contributed by atoms with Crippen molar-refractivity contribution in [3.63, 3.8) is 0 Å². The van der Waals surface area contributed by atoms with Gasteiger partial charge in [0.25, 0.3) is 0 Å². The third-order valence-corrected chi connectivity index (χ3v) is 5.97. The molecule has 0 aliphatic carbocycles. The van der Waals surface area contributed by atoms with E-state index < -0.39 is 12.0 Å². The molecule has 1 aliphatic rings. The molecule has 0 unspecified atom stereocenters. The van der Waals surface area contributed by atoms with Crippen LogP contribution < -0.4 is 14.8 Å². The van der Waals surface area contributed by atoms with Gasteiger partial charge in [0.05, 0.1) is 12.7 Å². The minimum absolute atomic E-state index is 0.170. The Morgan fingerprint density at radius 1 is 0.944 bits per heavy atom. The van der Waals surface area contributed by atoms with Crippen molar-refractivity contribution in [2.75, 3.05) is 12.4 Å². The number of methoxy groups -OCH3 is 1. The summed E-state index contributed by atoms with van der Waals surface area (Å²) in [7, 11) is 1.59. The average Bonchev–Trinajstić information content (AvgIpc) is 3.39. The first-order valence-electron chi connectivity index (χ1n) is 11.6. The molecule has 1 N–H and O–H groups in total. The lowest BCUT2D eigenvalue weighted by atomic mass is 9.95. The lowest BCUT2D eigenvalue weighted by Gasteiger charge is -2.28. The number of benzene rings is 3. The fourth-order valence-corrected chi connectivity index (χ4v) is 4.17. The number of aromatic nitrogens is 3. The van der Waals surface area contributed by atoms with Crippen LogP contribution in [0.3, 0.4) is 0 Å². The molecule has 8 heteroatoms. The van der Waals surface area contributed by atoms with Gasteiger partial charge in [0.1, 0.15) is 25.6 Å². The van der Waals surface area contributed by atoms with E-state index in [0.29, 0.717) is 35.3 Å². The van der Waals surface area contributed by atoms with Gasteiger partial charge in [0.2, 0.25) is 5.95 Å². The van der Waals surface area contributed by atoms with Crippen molar-refractivity contribution >= 4 is 11.9 Å². The predicted octanol–water partition coefficient (Wildman–Crippen LogP) is 4.90. The van der Waals surface area contributed by atoms with Gasteiger partial charge in [-0.15, -0.1) is 0 Å². The number of nitrogens with zero attached hydrogens (tertiary/aromatic N) is 3. The van der Waals surface area contributed by atoms with Crippen molar-refractivity contribution in [2.24, 2.45) is 0 Å². The number of fused-ring (bicyclic) bond motifs is 1. The summed E-state index contributed by atoms with van der Waals surface area (Å²) in [5, 5.41) is 7.54. The fraction of sp³-hybridized carbons (Fsp3) is 0.179. The average molecular weight is 483 g/mol. The summed E-state index contributed by atoms with van der Waals surface area (Å²) < 4.78 is 19.0. The first-order chi connectivity index (χ1) is 17.6. The van der Waals surface area contributed by atoms with Crippen LogP contribution in [0, 0.1) is 0 Å². The van der Waals surface area contributed by atoms with Crippen LogP contribution in [0.25, 0.3) is 0 Å².